The van der Waals surface area contributed by atoms with Crippen molar-refractivity contribution >= 4 is 23.2 Å². The van der Waals surface area contributed by atoms with E-state index >= 15 is 0 Å². The summed E-state index contributed by atoms with van der Waals surface area (Å²) >= 11 is 11.2. The SMILES string of the molecule is CC(C)(C)C#Cc1nc(Cl)nc(Cl)n1. The molecule has 1 aromatic heterocycles. The zero-order chi connectivity index (χ0) is 10.8. The maximum Gasteiger partial charge on any atom is 0.227 e. The van der Waals surface area contributed by atoms with Gasteiger partial charge in [-0.3, -0.25) is 0 Å². The van der Waals surface area contributed by atoms with Crippen LogP contribution < -0.4 is 0 Å². The maximum atomic E-state index is 5.59. The number of aromatic nitrogens is 3. The van der Waals surface area contributed by atoms with E-state index in [1.165, 1.54) is 0 Å². The Hall–Kier alpha value is -0.850. The molecule has 0 bridgehead atoms. The molecular weight excluding hydrogens is 221 g/mol. The third-order valence-corrected chi connectivity index (χ3v) is 1.47. The second-order valence-electron chi connectivity index (χ2n) is 3.70. The van der Waals surface area contributed by atoms with Crippen LogP contribution in [0.2, 0.25) is 10.6 Å². The number of nitrogens with zero attached hydrogens (tertiary/aromatic N) is 3. The summed E-state index contributed by atoms with van der Waals surface area (Å²) in [6.07, 6.45) is 0. The van der Waals surface area contributed by atoms with Crippen molar-refractivity contribution in [1.82, 2.24) is 15.0 Å². The topological polar surface area (TPSA) is 38.7 Å². The molecule has 1 aromatic rings. The summed E-state index contributed by atoms with van der Waals surface area (Å²) in [4.78, 5) is 11.3. The van der Waals surface area contributed by atoms with Gasteiger partial charge in [-0.15, -0.1) is 0 Å². The quantitative estimate of drug-likeness (QED) is 0.643. The minimum absolute atomic E-state index is 0.0585. The van der Waals surface area contributed by atoms with Crippen molar-refractivity contribution in [2.75, 3.05) is 0 Å². The van der Waals surface area contributed by atoms with E-state index in [1.54, 1.807) is 0 Å². The van der Waals surface area contributed by atoms with Gasteiger partial charge in [-0.1, -0.05) is 5.92 Å². The van der Waals surface area contributed by atoms with Gasteiger partial charge in [0.25, 0.3) is 0 Å². The van der Waals surface area contributed by atoms with Gasteiger partial charge in [-0.05, 0) is 49.9 Å². The Labute approximate surface area is 92.9 Å². The summed E-state index contributed by atoms with van der Waals surface area (Å²) in [5, 5.41) is 0.117. The fourth-order valence-corrected chi connectivity index (χ4v) is 0.989. The van der Waals surface area contributed by atoms with Crippen LogP contribution in [0.15, 0.2) is 0 Å². The van der Waals surface area contributed by atoms with Crippen LogP contribution in [0, 0.1) is 17.3 Å². The molecule has 0 aliphatic rings. The highest BCUT2D eigenvalue weighted by Crippen LogP contribution is 2.11. The Morgan fingerprint density at radius 3 is 1.93 bits per heavy atom. The molecule has 0 amide bonds. The summed E-state index contributed by atoms with van der Waals surface area (Å²) in [6.45, 7) is 5.97. The molecule has 0 radical (unpaired) electrons. The third kappa shape index (κ3) is 3.91. The van der Waals surface area contributed by atoms with Crippen molar-refractivity contribution in [2.24, 2.45) is 5.41 Å². The van der Waals surface area contributed by atoms with Gasteiger partial charge in [0.2, 0.25) is 16.4 Å². The molecule has 0 aliphatic heterocycles. The van der Waals surface area contributed by atoms with E-state index in [1.807, 2.05) is 20.8 Å². The molecule has 0 spiro atoms. The van der Waals surface area contributed by atoms with Crippen molar-refractivity contribution in [3.63, 3.8) is 0 Å². The third-order valence-electron chi connectivity index (χ3n) is 1.13. The minimum atomic E-state index is -0.106. The first-order valence-corrected chi connectivity index (χ1v) is 4.73. The molecule has 3 nitrogen and oxygen atoms in total. The highest BCUT2D eigenvalue weighted by Gasteiger charge is 2.05. The van der Waals surface area contributed by atoms with Crippen molar-refractivity contribution < 1.29 is 0 Å². The number of hydrogen-bond acceptors (Lipinski definition) is 3. The number of halogens is 2. The van der Waals surface area contributed by atoms with Crippen LogP contribution in [-0.4, -0.2) is 15.0 Å². The summed E-state index contributed by atoms with van der Waals surface area (Å²) in [5.74, 6) is 6.05. The zero-order valence-electron chi connectivity index (χ0n) is 8.10. The molecule has 0 atom stereocenters. The van der Waals surface area contributed by atoms with Crippen molar-refractivity contribution in [3.8, 4) is 11.8 Å². The lowest BCUT2D eigenvalue weighted by Gasteiger charge is -2.06. The number of hydrogen-bond donors (Lipinski definition) is 0. The molecule has 5 heteroatoms. The lowest BCUT2D eigenvalue weighted by Crippen LogP contribution is -2.01. The first-order chi connectivity index (χ1) is 6.37. The second kappa shape index (κ2) is 4.12. The van der Waals surface area contributed by atoms with Gasteiger partial charge in [-0.2, -0.15) is 15.0 Å². The molecule has 74 valence electrons. The minimum Gasteiger partial charge on any atom is -0.190 e. The van der Waals surface area contributed by atoms with Gasteiger partial charge in [0.05, 0.1) is 0 Å². The molecule has 0 N–H and O–H groups in total. The van der Waals surface area contributed by atoms with Gasteiger partial charge in [-0.25, -0.2) is 0 Å². The molecule has 0 aliphatic carbocycles. The van der Waals surface area contributed by atoms with Gasteiger partial charge < -0.3 is 0 Å². The first-order valence-electron chi connectivity index (χ1n) is 3.97. The first kappa shape index (κ1) is 11.2. The van der Waals surface area contributed by atoms with E-state index < -0.39 is 0 Å². The molecule has 0 aromatic carbocycles. The zero-order valence-corrected chi connectivity index (χ0v) is 9.61. The van der Waals surface area contributed by atoms with E-state index in [2.05, 4.69) is 26.8 Å². The smallest absolute Gasteiger partial charge is 0.190 e. The highest BCUT2D eigenvalue weighted by atomic mass is 35.5. The lowest BCUT2D eigenvalue weighted by molar-refractivity contribution is 0.570. The van der Waals surface area contributed by atoms with E-state index in [9.17, 15) is 0 Å². The monoisotopic (exact) mass is 229 g/mol. The summed E-state index contributed by atoms with van der Waals surface area (Å²) < 4.78 is 0. The van der Waals surface area contributed by atoms with Crippen LogP contribution in [0.5, 0.6) is 0 Å². The van der Waals surface area contributed by atoms with Crippen molar-refractivity contribution in [2.45, 2.75) is 20.8 Å². The molecule has 14 heavy (non-hydrogen) atoms. The van der Waals surface area contributed by atoms with Crippen LogP contribution in [0.1, 0.15) is 26.6 Å². The van der Waals surface area contributed by atoms with Gasteiger partial charge in [0, 0.05) is 5.41 Å². The van der Waals surface area contributed by atoms with Crippen LogP contribution in [0.4, 0.5) is 0 Å². The van der Waals surface area contributed by atoms with E-state index in [0.29, 0.717) is 5.82 Å². The standard InChI is InChI=1S/C9H9Cl2N3/c1-9(2,3)5-4-6-12-7(10)14-8(11)13-6/h1-3H3. The molecule has 0 saturated heterocycles. The van der Waals surface area contributed by atoms with Crippen LogP contribution in [0.3, 0.4) is 0 Å². The molecule has 1 heterocycles. The second-order valence-corrected chi connectivity index (χ2v) is 4.37. The van der Waals surface area contributed by atoms with Crippen LogP contribution in [-0.2, 0) is 0 Å². The lowest BCUT2D eigenvalue weighted by atomic mass is 9.98. The Morgan fingerprint density at radius 2 is 1.50 bits per heavy atom. The summed E-state index contributed by atoms with van der Waals surface area (Å²) in [6, 6.07) is 0. The van der Waals surface area contributed by atoms with Gasteiger partial charge in [0.1, 0.15) is 0 Å². The molecule has 0 unspecified atom stereocenters. The van der Waals surface area contributed by atoms with E-state index in [-0.39, 0.29) is 16.0 Å². The van der Waals surface area contributed by atoms with Gasteiger partial charge >= 0.3 is 0 Å². The molecular formula is C9H9Cl2N3. The number of rotatable bonds is 0. The van der Waals surface area contributed by atoms with Crippen LogP contribution in [0.25, 0.3) is 0 Å². The normalized spacial score (nSPS) is 10.6. The Balaban J connectivity index is 3.02. The fourth-order valence-electron chi connectivity index (χ4n) is 0.625. The Bertz CT molecular complexity index is 378. The Morgan fingerprint density at radius 1 is 1.00 bits per heavy atom. The summed E-state index contributed by atoms with van der Waals surface area (Å²) in [7, 11) is 0. The predicted molar refractivity (Wildman–Crippen MR) is 56.2 cm³/mol. The van der Waals surface area contributed by atoms with Gasteiger partial charge in [0.15, 0.2) is 0 Å². The fraction of sp³-hybridized carbons (Fsp3) is 0.444. The van der Waals surface area contributed by atoms with Crippen molar-refractivity contribution in [3.05, 3.63) is 16.4 Å². The molecule has 0 saturated carbocycles. The van der Waals surface area contributed by atoms with Crippen LogP contribution >= 0.6 is 23.2 Å². The molecule has 1 rings (SSSR count). The predicted octanol–water partition coefficient (Wildman–Crippen LogP) is 2.58. The highest BCUT2D eigenvalue weighted by molar-refractivity contribution is 6.31. The maximum absolute atomic E-state index is 5.59. The van der Waals surface area contributed by atoms with Crippen molar-refractivity contribution in [1.29, 1.82) is 0 Å². The largest absolute Gasteiger partial charge is 0.227 e. The van der Waals surface area contributed by atoms with E-state index in [0.717, 1.165) is 0 Å². The average Bonchev–Trinajstić information content (AvgIpc) is 1.97. The average molecular weight is 230 g/mol. The van der Waals surface area contributed by atoms with E-state index in [4.69, 9.17) is 23.2 Å². The molecule has 0 fully saturated rings. The summed E-state index contributed by atoms with van der Waals surface area (Å²) in [5.41, 5.74) is -0.106. The Kier molecular flexibility index (Phi) is 3.30.